The Labute approximate surface area is 160 Å². The minimum atomic E-state index is -1.78. The fourth-order valence-corrected chi connectivity index (χ4v) is 3.76. The molecule has 0 amide bonds. The zero-order valence-electron chi connectivity index (χ0n) is 15.0. The van der Waals surface area contributed by atoms with Gasteiger partial charge in [-0.2, -0.15) is 0 Å². The zero-order chi connectivity index (χ0) is 20.6. The molecule has 0 spiro atoms. The molecular formula is C17H24O11. The number of aliphatic hydroxyl groups excluding tert-OH is 5. The van der Waals surface area contributed by atoms with Crippen molar-refractivity contribution in [1.29, 1.82) is 0 Å². The summed E-state index contributed by atoms with van der Waals surface area (Å²) >= 11 is 0. The molecule has 11 nitrogen and oxygen atoms in total. The van der Waals surface area contributed by atoms with E-state index in [0.717, 1.165) is 13.4 Å². The van der Waals surface area contributed by atoms with E-state index in [1.165, 1.54) is 0 Å². The van der Waals surface area contributed by atoms with Gasteiger partial charge in [0.2, 0.25) is 6.29 Å². The minimum absolute atomic E-state index is 0.00754. The topological polar surface area (TPSA) is 175 Å². The van der Waals surface area contributed by atoms with Gasteiger partial charge in [-0.3, -0.25) is 0 Å². The van der Waals surface area contributed by atoms with E-state index in [2.05, 4.69) is 4.74 Å². The Bertz CT molecular complexity index is 659. The van der Waals surface area contributed by atoms with Crippen LogP contribution in [0.25, 0.3) is 0 Å². The first kappa shape index (κ1) is 21.1. The quantitative estimate of drug-likeness (QED) is 0.202. The van der Waals surface area contributed by atoms with Gasteiger partial charge in [0.1, 0.15) is 35.6 Å². The lowest BCUT2D eigenvalue weighted by Crippen LogP contribution is -2.61. The van der Waals surface area contributed by atoms with Gasteiger partial charge < -0.3 is 49.6 Å². The molecule has 3 rings (SSSR count). The van der Waals surface area contributed by atoms with Crippen LogP contribution in [0.4, 0.5) is 0 Å². The smallest absolute Gasteiger partial charge is 0.339 e. The van der Waals surface area contributed by atoms with Crippen LogP contribution in [0.15, 0.2) is 23.5 Å². The summed E-state index contributed by atoms with van der Waals surface area (Å²) in [7, 11) is 1.15. The van der Waals surface area contributed by atoms with Crippen LogP contribution < -0.4 is 0 Å². The van der Waals surface area contributed by atoms with Gasteiger partial charge in [-0.1, -0.05) is 6.08 Å². The molecule has 6 N–H and O–H groups in total. The summed E-state index contributed by atoms with van der Waals surface area (Å²) in [4.78, 5) is 12.0. The van der Waals surface area contributed by atoms with Crippen LogP contribution in [-0.2, 0) is 23.7 Å². The fraction of sp³-hybridized carbons (Fsp3) is 0.706. The van der Waals surface area contributed by atoms with Crippen molar-refractivity contribution in [3.05, 3.63) is 23.5 Å². The molecule has 0 aromatic heterocycles. The van der Waals surface area contributed by atoms with E-state index in [1.807, 2.05) is 0 Å². The normalized spacial score (nSPS) is 42.9. The second kappa shape index (κ2) is 8.05. The lowest BCUT2D eigenvalue weighted by atomic mass is 9.79. The number of methoxy groups -OCH3 is 1. The van der Waals surface area contributed by atoms with Gasteiger partial charge in [-0.05, 0) is 12.0 Å². The standard InChI is InChI=1S/C17H24O11/c1-25-14(23)8-6-26-15(10-7(4-18)2-3-17(8,10)24)28-16-13(22)12(21)11(20)9(5-19)27-16/h2,6,9-13,15-16,18-22,24H,3-5H2,1H3. The van der Waals surface area contributed by atoms with E-state index in [4.69, 9.17) is 14.2 Å². The van der Waals surface area contributed by atoms with Gasteiger partial charge in [0.05, 0.1) is 32.5 Å². The van der Waals surface area contributed by atoms with Crippen molar-refractivity contribution in [1.82, 2.24) is 0 Å². The van der Waals surface area contributed by atoms with Crippen LogP contribution in [0.1, 0.15) is 6.42 Å². The average Bonchev–Trinajstić information content (AvgIpc) is 3.05. The summed E-state index contributed by atoms with van der Waals surface area (Å²) in [5.41, 5.74) is -1.60. The number of aliphatic hydroxyl groups is 6. The lowest BCUT2D eigenvalue weighted by molar-refractivity contribution is -0.343. The van der Waals surface area contributed by atoms with Crippen LogP contribution in [0, 0.1) is 5.92 Å². The molecule has 1 fully saturated rings. The Morgan fingerprint density at radius 1 is 1.21 bits per heavy atom. The average molecular weight is 404 g/mol. The SMILES string of the molecule is COC(=O)C1=COC(OC2OC(CO)C(O)C(O)C2O)C2C(CO)=CCC12O. The molecule has 0 radical (unpaired) electrons. The van der Waals surface area contributed by atoms with Gasteiger partial charge >= 0.3 is 5.97 Å². The Balaban J connectivity index is 1.86. The molecule has 1 saturated heterocycles. The maximum Gasteiger partial charge on any atom is 0.339 e. The van der Waals surface area contributed by atoms with Crippen molar-refractivity contribution in [3.63, 3.8) is 0 Å². The molecule has 0 aromatic carbocycles. The third kappa shape index (κ3) is 3.33. The largest absolute Gasteiger partial charge is 0.471 e. The molecule has 1 aliphatic carbocycles. The third-order valence-electron chi connectivity index (χ3n) is 5.35. The van der Waals surface area contributed by atoms with E-state index >= 15 is 0 Å². The van der Waals surface area contributed by atoms with Gasteiger partial charge in [0, 0.05) is 0 Å². The Hall–Kier alpha value is -1.57. The number of carbonyl (C=O) groups is 1. The number of carbonyl (C=O) groups excluding carboxylic acids is 1. The van der Waals surface area contributed by atoms with Crippen molar-refractivity contribution in [2.24, 2.45) is 5.92 Å². The maximum absolute atomic E-state index is 12.0. The van der Waals surface area contributed by atoms with Crippen LogP contribution in [0.3, 0.4) is 0 Å². The summed E-state index contributed by atoms with van der Waals surface area (Å²) in [5, 5.41) is 59.9. The highest BCUT2D eigenvalue weighted by atomic mass is 16.8. The van der Waals surface area contributed by atoms with Crippen LogP contribution in [0.5, 0.6) is 0 Å². The molecule has 8 atom stereocenters. The molecule has 2 heterocycles. The van der Waals surface area contributed by atoms with Crippen molar-refractivity contribution >= 4 is 5.97 Å². The van der Waals surface area contributed by atoms with E-state index in [9.17, 15) is 35.4 Å². The molecule has 0 aromatic rings. The predicted molar refractivity (Wildman–Crippen MR) is 88.0 cm³/mol. The maximum atomic E-state index is 12.0. The molecule has 3 aliphatic rings. The predicted octanol–water partition coefficient (Wildman–Crippen LogP) is -3.11. The van der Waals surface area contributed by atoms with Crippen molar-refractivity contribution in [2.75, 3.05) is 20.3 Å². The van der Waals surface area contributed by atoms with Crippen molar-refractivity contribution < 1.29 is 54.4 Å². The van der Waals surface area contributed by atoms with Gasteiger partial charge in [-0.15, -0.1) is 0 Å². The first-order valence-electron chi connectivity index (χ1n) is 8.71. The fourth-order valence-electron chi connectivity index (χ4n) is 3.76. The monoisotopic (exact) mass is 404 g/mol. The summed E-state index contributed by atoms with van der Waals surface area (Å²) in [5.74, 6) is -1.84. The van der Waals surface area contributed by atoms with Crippen molar-refractivity contribution in [3.8, 4) is 0 Å². The Kier molecular flexibility index (Phi) is 6.08. The highest BCUT2D eigenvalue weighted by molar-refractivity contribution is 5.91. The van der Waals surface area contributed by atoms with E-state index < -0.39 is 67.7 Å². The lowest BCUT2D eigenvalue weighted by Gasteiger charge is -2.44. The third-order valence-corrected chi connectivity index (χ3v) is 5.35. The number of fused-ring (bicyclic) bond motifs is 1. The minimum Gasteiger partial charge on any atom is -0.471 e. The summed E-state index contributed by atoms with van der Waals surface area (Å²) in [6.45, 7) is -1.09. The summed E-state index contributed by atoms with van der Waals surface area (Å²) < 4.78 is 20.9. The molecule has 2 aliphatic heterocycles. The molecule has 0 bridgehead atoms. The zero-order valence-corrected chi connectivity index (χ0v) is 15.0. The van der Waals surface area contributed by atoms with Gasteiger partial charge in [0.15, 0.2) is 6.29 Å². The summed E-state index contributed by atoms with van der Waals surface area (Å²) in [6, 6.07) is 0. The highest BCUT2D eigenvalue weighted by Crippen LogP contribution is 2.47. The number of rotatable bonds is 5. The second-order valence-corrected chi connectivity index (χ2v) is 6.90. The first-order chi connectivity index (χ1) is 13.3. The second-order valence-electron chi connectivity index (χ2n) is 6.90. The van der Waals surface area contributed by atoms with Gasteiger partial charge in [0.25, 0.3) is 0 Å². The summed E-state index contributed by atoms with van der Waals surface area (Å²) in [6.07, 6.45) is -6.39. The van der Waals surface area contributed by atoms with E-state index in [0.29, 0.717) is 5.57 Å². The van der Waals surface area contributed by atoms with Crippen LogP contribution >= 0.6 is 0 Å². The van der Waals surface area contributed by atoms with Crippen LogP contribution in [0.2, 0.25) is 0 Å². The molecular weight excluding hydrogens is 380 g/mol. The van der Waals surface area contributed by atoms with Gasteiger partial charge in [-0.25, -0.2) is 4.79 Å². The number of ether oxygens (including phenoxy) is 4. The number of esters is 1. The van der Waals surface area contributed by atoms with E-state index in [1.54, 1.807) is 6.08 Å². The van der Waals surface area contributed by atoms with Crippen molar-refractivity contribution in [2.45, 2.75) is 49.0 Å². The molecule has 158 valence electrons. The molecule has 8 unspecified atom stereocenters. The Morgan fingerprint density at radius 2 is 1.93 bits per heavy atom. The number of hydrogen-bond acceptors (Lipinski definition) is 11. The molecule has 28 heavy (non-hydrogen) atoms. The molecule has 11 heteroatoms. The van der Waals surface area contributed by atoms with E-state index in [-0.39, 0.29) is 12.0 Å². The number of hydrogen-bond donors (Lipinski definition) is 6. The Morgan fingerprint density at radius 3 is 2.54 bits per heavy atom. The van der Waals surface area contributed by atoms with Crippen LogP contribution in [-0.4, -0.2) is 99.5 Å². The first-order valence-corrected chi connectivity index (χ1v) is 8.71. The molecule has 0 saturated carbocycles. The highest BCUT2D eigenvalue weighted by Gasteiger charge is 2.57.